The van der Waals surface area contributed by atoms with Gasteiger partial charge in [0.2, 0.25) is 5.95 Å². The maximum absolute atomic E-state index is 12.2. The number of rotatable bonds is 5. The van der Waals surface area contributed by atoms with Gasteiger partial charge in [-0.2, -0.15) is 0 Å². The zero-order chi connectivity index (χ0) is 18.5. The lowest BCUT2D eigenvalue weighted by Crippen LogP contribution is -2.23. The van der Waals surface area contributed by atoms with E-state index in [1.54, 1.807) is 18.2 Å². The van der Waals surface area contributed by atoms with Crippen LogP contribution < -0.4 is 10.6 Å². The average Bonchev–Trinajstić information content (AvgIpc) is 2.64. The van der Waals surface area contributed by atoms with Gasteiger partial charge in [0.15, 0.2) is 0 Å². The van der Waals surface area contributed by atoms with Crippen LogP contribution in [0.2, 0.25) is 10.0 Å². The van der Waals surface area contributed by atoms with Gasteiger partial charge in [-0.25, -0.2) is 9.97 Å². The molecule has 0 saturated carbocycles. The summed E-state index contributed by atoms with van der Waals surface area (Å²) < 4.78 is 0. The van der Waals surface area contributed by atoms with Crippen LogP contribution in [0.5, 0.6) is 0 Å². The van der Waals surface area contributed by atoms with Crippen molar-refractivity contribution in [2.45, 2.75) is 13.5 Å². The molecule has 26 heavy (non-hydrogen) atoms. The number of halogens is 2. The van der Waals surface area contributed by atoms with Gasteiger partial charge >= 0.3 is 0 Å². The van der Waals surface area contributed by atoms with E-state index in [1.807, 2.05) is 31.2 Å². The molecular weight excluding hydrogens is 371 g/mol. The van der Waals surface area contributed by atoms with E-state index in [2.05, 4.69) is 20.6 Å². The van der Waals surface area contributed by atoms with Crippen LogP contribution in [0.15, 0.2) is 54.9 Å². The number of carbonyl (C=O) groups is 1. The van der Waals surface area contributed by atoms with Crippen molar-refractivity contribution in [3.63, 3.8) is 0 Å². The predicted octanol–water partition coefficient (Wildman–Crippen LogP) is 4.77. The minimum absolute atomic E-state index is 0.236. The largest absolute Gasteiger partial charge is 0.348 e. The molecule has 3 rings (SSSR count). The predicted molar refractivity (Wildman–Crippen MR) is 104 cm³/mol. The number of nitrogens with zero attached hydrogens (tertiary/aromatic N) is 2. The Morgan fingerprint density at radius 1 is 1.08 bits per heavy atom. The number of carbonyl (C=O) groups excluding carboxylic acids is 1. The van der Waals surface area contributed by atoms with Crippen LogP contribution in [-0.4, -0.2) is 15.9 Å². The quantitative estimate of drug-likeness (QED) is 0.662. The minimum atomic E-state index is -0.236. The van der Waals surface area contributed by atoms with Gasteiger partial charge in [0.1, 0.15) is 0 Å². The molecule has 5 nitrogen and oxygen atoms in total. The summed E-state index contributed by atoms with van der Waals surface area (Å²) in [6.07, 6.45) is 2.92. The fraction of sp³-hybridized carbons (Fsp3) is 0.105. The molecule has 1 amide bonds. The van der Waals surface area contributed by atoms with E-state index in [-0.39, 0.29) is 5.91 Å². The molecule has 0 aliphatic carbocycles. The van der Waals surface area contributed by atoms with Crippen LogP contribution in [0.3, 0.4) is 0 Å². The molecule has 1 aromatic heterocycles. The summed E-state index contributed by atoms with van der Waals surface area (Å²) >= 11 is 12.1. The maximum atomic E-state index is 12.2. The first-order valence-electron chi connectivity index (χ1n) is 7.90. The molecule has 0 fully saturated rings. The summed E-state index contributed by atoms with van der Waals surface area (Å²) in [6, 6.07) is 12.9. The van der Waals surface area contributed by atoms with Gasteiger partial charge in [0, 0.05) is 24.0 Å². The molecule has 0 spiro atoms. The number of nitrogens with one attached hydrogen (secondary N) is 2. The molecule has 0 unspecified atom stereocenters. The van der Waals surface area contributed by atoms with Crippen LogP contribution in [0.1, 0.15) is 21.5 Å². The molecule has 0 bridgehead atoms. The molecule has 7 heteroatoms. The van der Waals surface area contributed by atoms with Gasteiger partial charge in [-0.15, -0.1) is 0 Å². The van der Waals surface area contributed by atoms with Gasteiger partial charge in [0.25, 0.3) is 5.91 Å². The highest BCUT2D eigenvalue weighted by molar-refractivity contribution is 6.35. The van der Waals surface area contributed by atoms with E-state index in [4.69, 9.17) is 23.2 Å². The van der Waals surface area contributed by atoms with Crippen LogP contribution in [0.4, 0.5) is 11.6 Å². The lowest BCUT2D eigenvalue weighted by molar-refractivity contribution is 0.0950. The Kier molecular flexibility index (Phi) is 5.71. The Bertz CT molecular complexity index is 929. The van der Waals surface area contributed by atoms with E-state index in [1.165, 1.54) is 12.4 Å². The van der Waals surface area contributed by atoms with Crippen molar-refractivity contribution in [1.29, 1.82) is 0 Å². The summed E-state index contributed by atoms with van der Waals surface area (Å²) in [5.41, 5.74) is 3.16. The Morgan fingerprint density at radius 2 is 1.81 bits per heavy atom. The molecule has 0 radical (unpaired) electrons. The number of hydrogen-bond acceptors (Lipinski definition) is 4. The monoisotopic (exact) mass is 386 g/mol. The summed E-state index contributed by atoms with van der Waals surface area (Å²) in [7, 11) is 0. The summed E-state index contributed by atoms with van der Waals surface area (Å²) in [5.74, 6) is 0.0882. The van der Waals surface area contributed by atoms with Crippen molar-refractivity contribution in [2.24, 2.45) is 0 Å². The Hall–Kier alpha value is -2.63. The Morgan fingerprint density at radius 3 is 2.54 bits per heavy atom. The van der Waals surface area contributed by atoms with Crippen molar-refractivity contribution in [1.82, 2.24) is 15.3 Å². The summed E-state index contributed by atoms with van der Waals surface area (Å²) in [4.78, 5) is 20.6. The number of aromatic nitrogens is 2. The topological polar surface area (TPSA) is 66.9 Å². The normalized spacial score (nSPS) is 10.4. The smallest absolute Gasteiger partial charge is 0.254 e. The van der Waals surface area contributed by atoms with Crippen LogP contribution in [0, 0.1) is 6.92 Å². The number of amides is 1. The van der Waals surface area contributed by atoms with Gasteiger partial charge in [-0.05, 0) is 36.2 Å². The van der Waals surface area contributed by atoms with Gasteiger partial charge < -0.3 is 10.6 Å². The number of hydrogen-bond donors (Lipinski definition) is 2. The van der Waals surface area contributed by atoms with Gasteiger partial charge in [-0.1, -0.05) is 47.5 Å². The Balaban J connectivity index is 1.64. The van der Waals surface area contributed by atoms with Crippen molar-refractivity contribution < 1.29 is 4.79 Å². The number of anilines is 2. The second kappa shape index (κ2) is 8.17. The SMILES string of the molecule is Cc1ccccc1CNC(=O)c1cnc(Nc2cc(Cl)ccc2Cl)nc1. The zero-order valence-electron chi connectivity index (χ0n) is 14.0. The molecule has 3 aromatic rings. The second-order valence-electron chi connectivity index (χ2n) is 5.65. The number of aryl methyl sites for hydroxylation is 1. The van der Waals surface area contributed by atoms with E-state index in [0.29, 0.717) is 33.8 Å². The minimum Gasteiger partial charge on any atom is -0.348 e. The summed E-state index contributed by atoms with van der Waals surface area (Å²) in [6.45, 7) is 2.45. The van der Waals surface area contributed by atoms with E-state index in [9.17, 15) is 4.79 Å². The first kappa shape index (κ1) is 18.2. The van der Waals surface area contributed by atoms with Crippen LogP contribution >= 0.6 is 23.2 Å². The van der Waals surface area contributed by atoms with Crippen molar-refractivity contribution >= 4 is 40.7 Å². The average molecular weight is 387 g/mol. The molecular formula is C19H16Cl2N4O. The van der Waals surface area contributed by atoms with E-state index in [0.717, 1.165) is 11.1 Å². The molecule has 0 atom stereocenters. The van der Waals surface area contributed by atoms with Crippen molar-refractivity contribution in [3.05, 3.63) is 81.6 Å². The Labute approximate surface area is 161 Å². The molecule has 0 aliphatic rings. The standard InChI is InChI=1S/C19H16Cl2N4O/c1-12-4-2-3-5-13(12)9-22-18(26)14-10-23-19(24-11-14)25-17-8-15(20)6-7-16(17)21/h2-8,10-11H,9H2,1H3,(H,22,26)(H,23,24,25). The lowest BCUT2D eigenvalue weighted by Gasteiger charge is -2.09. The summed E-state index contributed by atoms with van der Waals surface area (Å²) in [5, 5.41) is 6.88. The molecule has 132 valence electrons. The zero-order valence-corrected chi connectivity index (χ0v) is 15.5. The molecule has 1 heterocycles. The van der Waals surface area contributed by atoms with Crippen molar-refractivity contribution in [2.75, 3.05) is 5.32 Å². The molecule has 2 aromatic carbocycles. The molecule has 2 N–H and O–H groups in total. The first-order chi connectivity index (χ1) is 12.5. The highest BCUT2D eigenvalue weighted by Gasteiger charge is 2.09. The van der Waals surface area contributed by atoms with Gasteiger partial charge in [0.05, 0.1) is 16.3 Å². The highest BCUT2D eigenvalue weighted by Crippen LogP contribution is 2.27. The third-order valence-corrected chi connectivity index (χ3v) is 4.35. The molecule has 0 saturated heterocycles. The maximum Gasteiger partial charge on any atom is 0.254 e. The lowest BCUT2D eigenvalue weighted by atomic mass is 10.1. The molecule has 0 aliphatic heterocycles. The second-order valence-corrected chi connectivity index (χ2v) is 6.50. The van der Waals surface area contributed by atoms with Crippen LogP contribution in [-0.2, 0) is 6.54 Å². The van der Waals surface area contributed by atoms with Crippen LogP contribution in [0.25, 0.3) is 0 Å². The fourth-order valence-corrected chi connectivity index (χ4v) is 2.65. The fourth-order valence-electron chi connectivity index (χ4n) is 2.31. The van der Waals surface area contributed by atoms with Gasteiger partial charge in [-0.3, -0.25) is 4.79 Å². The van der Waals surface area contributed by atoms with Crippen molar-refractivity contribution in [3.8, 4) is 0 Å². The first-order valence-corrected chi connectivity index (χ1v) is 8.65. The van der Waals surface area contributed by atoms with E-state index >= 15 is 0 Å². The van der Waals surface area contributed by atoms with E-state index < -0.39 is 0 Å². The highest BCUT2D eigenvalue weighted by atomic mass is 35.5. The third kappa shape index (κ3) is 4.50. The number of benzene rings is 2. The third-order valence-electron chi connectivity index (χ3n) is 3.79.